The van der Waals surface area contributed by atoms with Crippen molar-refractivity contribution in [2.45, 2.75) is 12.4 Å². The van der Waals surface area contributed by atoms with E-state index in [9.17, 15) is 35.5 Å². The van der Waals surface area contributed by atoms with Gasteiger partial charge in [0.2, 0.25) is 0 Å². The van der Waals surface area contributed by atoms with Gasteiger partial charge in [0.25, 0.3) is 0 Å². The zero-order chi connectivity index (χ0) is 15.0. The Morgan fingerprint density at radius 1 is 1.00 bits per heavy atom. The highest BCUT2D eigenvalue weighted by Crippen LogP contribution is 2.41. The Balaban J connectivity index is 3.61. The molecule has 0 atom stereocenters. The van der Waals surface area contributed by atoms with Gasteiger partial charge in [-0.05, 0) is 12.1 Å². The van der Waals surface area contributed by atoms with E-state index in [-0.39, 0.29) is 12.1 Å². The van der Waals surface area contributed by atoms with E-state index < -0.39 is 40.8 Å². The van der Waals surface area contributed by atoms with Crippen molar-refractivity contribution in [2.24, 2.45) is 0 Å². The van der Waals surface area contributed by atoms with Gasteiger partial charge in [0.1, 0.15) is 5.82 Å². The summed E-state index contributed by atoms with van der Waals surface area (Å²) in [6.07, 6.45) is -10.8. The minimum absolute atomic E-state index is 0.218. The van der Waals surface area contributed by atoms with E-state index in [1.165, 1.54) is 0 Å². The van der Waals surface area contributed by atoms with Crippen LogP contribution in [0.2, 0.25) is 0 Å². The number of carbonyl (C=O) groups excluding carboxylic acids is 1. The normalized spacial score (nSPS) is 12.4. The second-order valence-corrected chi connectivity index (χ2v) is 3.36. The average molecular weight is 290 g/mol. The molecule has 0 aliphatic rings. The fraction of sp³-hybridized carbons (Fsp3) is 0.300. The van der Waals surface area contributed by atoms with Crippen molar-refractivity contribution in [1.82, 2.24) is 0 Å². The third-order valence-corrected chi connectivity index (χ3v) is 2.12. The highest BCUT2D eigenvalue weighted by Gasteiger charge is 2.44. The third kappa shape index (κ3) is 3.15. The lowest BCUT2D eigenvalue weighted by Gasteiger charge is -2.16. The monoisotopic (exact) mass is 290 g/mol. The van der Waals surface area contributed by atoms with Crippen molar-refractivity contribution >= 4 is 5.97 Å². The van der Waals surface area contributed by atoms with Gasteiger partial charge in [-0.3, -0.25) is 0 Å². The van der Waals surface area contributed by atoms with E-state index in [2.05, 4.69) is 4.74 Å². The fourth-order valence-corrected chi connectivity index (χ4v) is 1.31. The Hall–Kier alpha value is -1.80. The number of ether oxygens (including phenoxy) is 1. The molecule has 1 aromatic rings. The van der Waals surface area contributed by atoms with Crippen LogP contribution < -0.4 is 0 Å². The first-order valence-electron chi connectivity index (χ1n) is 4.54. The fourth-order valence-electron chi connectivity index (χ4n) is 1.31. The summed E-state index contributed by atoms with van der Waals surface area (Å²) in [5.74, 6) is -3.25. The Bertz CT molecular complexity index is 502. The number of rotatable bonds is 1. The first-order chi connectivity index (χ1) is 8.48. The molecule has 19 heavy (non-hydrogen) atoms. The van der Waals surface area contributed by atoms with Gasteiger partial charge >= 0.3 is 18.3 Å². The van der Waals surface area contributed by atoms with Crippen molar-refractivity contribution in [3.8, 4) is 0 Å². The summed E-state index contributed by atoms with van der Waals surface area (Å²) < 4.78 is 91.8. The molecule has 1 aromatic carbocycles. The topological polar surface area (TPSA) is 26.3 Å². The lowest BCUT2D eigenvalue weighted by Crippen LogP contribution is -2.19. The number of halogens is 7. The van der Waals surface area contributed by atoms with Gasteiger partial charge in [0.15, 0.2) is 0 Å². The van der Waals surface area contributed by atoms with Gasteiger partial charge in [0.05, 0.1) is 23.8 Å². The van der Waals surface area contributed by atoms with Gasteiger partial charge in [-0.1, -0.05) is 0 Å². The smallest absolute Gasteiger partial charge is 0.417 e. The summed E-state index contributed by atoms with van der Waals surface area (Å²) >= 11 is 0. The molecule has 0 fully saturated rings. The number of carbonyl (C=O) groups is 1. The van der Waals surface area contributed by atoms with E-state index in [1.54, 1.807) is 0 Å². The molecule has 0 amide bonds. The van der Waals surface area contributed by atoms with Crippen LogP contribution in [-0.4, -0.2) is 13.1 Å². The number of benzene rings is 1. The van der Waals surface area contributed by atoms with Crippen molar-refractivity contribution in [2.75, 3.05) is 7.11 Å². The summed E-state index contributed by atoms with van der Waals surface area (Å²) in [6, 6.07) is -0.598. The molecule has 9 heteroatoms. The Kier molecular flexibility index (Phi) is 3.78. The first kappa shape index (κ1) is 15.3. The number of esters is 1. The summed E-state index contributed by atoms with van der Waals surface area (Å²) in [4.78, 5) is 11.0. The molecule has 0 aliphatic heterocycles. The predicted molar refractivity (Wildman–Crippen MR) is 47.7 cm³/mol. The van der Waals surface area contributed by atoms with Crippen LogP contribution in [0.3, 0.4) is 0 Å². The Morgan fingerprint density at radius 3 is 1.79 bits per heavy atom. The van der Waals surface area contributed by atoms with Crippen molar-refractivity contribution in [3.05, 3.63) is 34.6 Å². The van der Waals surface area contributed by atoms with Crippen LogP contribution >= 0.6 is 0 Å². The minimum atomic E-state index is -5.40. The van der Waals surface area contributed by atoms with Crippen molar-refractivity contribution < 1.29 is 40.3 Å². The average Bonchev–Trinajstić information content (AvgIpc) is 2.24. The van der Waals surface area contributed by atoms with Gasteiger partial charge < -0.3 is 4.74 Å². The van der Waals surface area contributed by atoms with Crippen molar-refractivity contribution in [3.63, 3.8) is 0 Å². The van der Waals surface area contributed by atoms with Crippen LogP contribution in [0.5, 0.6) is 0 Å². The maximum atomic E-state index is 13.2. The van der Waals surface area contributed by atoms with E-state index in [4.69, 9.17) is 0 Å². The van der Waals surface area contributed by atoms with Gasteiger partial charge in [-0.15, -0.1) is 0 Å². The summed E-state index contributed by atoms with van der Waals surface area (Å²) in [5.41, 5.74) is -5.57. The first-order valence-corrected chi connectivity index (χ1v) is 4.54. The highest BCUT2D eigenvalue weighted by molar-refractivity contribution is 5.90. The zero-order valence-electron chi connectivity index (χ0n) is 9.12. The summed E-state index contributed by atoms with van der Waals surface area (Å²) in [7, 11) is 0.757. The Labute approximate surface area is 101 Å². The lowest BCUT2D eigenvalue weighted by molar-refractivity contribution is -0.162. The second kappa shape index (κ2) is 4.71. The molecule has 0 radical (unpaired) electrons. The number of hydrogen-bond donors (Lipinski definition) is 0. The van der Waals surface area contributed by atoms with Crippen LogP contribution in [0.4, 0.5) is 30.7 Å². The van der Waals surface area contributed by atoms with Crippen LogP contribution in [0, 0.1) is 5.82 Å². The quantitative estimate of drug-likeness (QED) is 0.583. The van der Waals surface area contributed by atoms with Crippen LogP contribution in [0.1, 0.15) is 21.5 Å². The highest BCUT2D eigenvalue weighted by atomic mass is 19.4. The molecule has 0 spiro atoms. The summed E-state index contributed by atoms with van der Waals surface area (Å²) in [6.45, 7) is 0. The molecule has 0 heterocycles. The molecule has 0 bridgehead atoms. The predicted octanol–water partition coefficient (Wildman–Crippen LogP) is 3.65. The van der Waals surface area contributed by atoms with E-state index in [0.29, 0.717) is 0 Å². The molecule has 106 valence electrons. The van der Waals surface area contributed by atoms with Gasteiger partial charge in [-0.2, -0.15) is 26.3 Å². The minimum Gasteiger partial charge on any atom is -0.465 e. The number of methoxy groups -OCH3 is 1. The molecular formula is C10H5F7O2. The molecule has 0 N–H and O–H groups in total. The molecule has 0 aromatic heterocycles. The maximum Gasteiger partial charge on any atom is 0.417 e. The second-order valence-electron chi connectivity index (χ2n) is 3.36. The standard InChI is InChI=1S/C10H5F7O2/c1-19-8(18)4-2-5(9(12,13)14)6(3-7(4)11)10(15,16)17/h2-3H,1H3. The Morgan fingerprint density at radius 2 is 1.42 bits per heavy atom. The molecule has 0 aliphatic carbocycles. The zero-order valence-corrected chi connectivity index (χ0v) is 9.12. The van der Waals surface area contributed by atoms with Gasteiger partial charge in [0, 0.05) is 0 Å². The largest absolute Gasteiger partial charge is 0.465 e. The summed E-state index contributed by atoms with van der Waals surface area (Å²) in [5, 5.41) is 0. The number of hydrogen-bond acceptors (Lipinski definition) is 2. The van der Waals surface area contributed by atoms with E-state index in [1.807, 2.05) is 0 Å². The molecule has 1 rings (SSSR count). The van der Waals surface area contributed by atoms with Crippen molar-refractivity contribution in [1.29, 1.82) is 0 Å². The molecular weight excluding hydrogens is 285 g/mol. The maximum absolute atomic E-state index is 13.2. The van der Waals surface area contributed by atoms with Crippen LogP contribution in [0.25, 0.3) is 0 Å². The number of alkyl halides is 6. The SMILES string of the molecule is COC(=O)c1cc(C(F)(F)F)c(C(F)(F)F)cc1F. The molecule has 0 saturated heterocycles. The third-order valence-electron chi connectivity index (χ3n) is 2.12. The molecule has 0 saturated carbocycles. The molecule has 0 unspecified atom stereocenters. The van der Waals surface area contributed by atoms with E-state index >= 15 is 0 Å². The van der Waals surface area contributed by atoms with Crippen LogP contribution in [-0.2, 0) is 17.1 Å². The molecule has 2 nitrogen and oxygen atoms in total. The van der Waals surface area contributed by atoms with E-state index in [0.717, 1.165) is 7.11 Å². The lowest BCUT2D eigenvalue weighted by atomic mass is 10.0. The van der Waals surface area contributed by atoms with Crippen LogP contribution in [0.15, 0.2) is 12.1 Å². The van der Waals surface area contributed by atoms with Gasteiger partial charge in [-0.25, -0.2) is 9.18 Å².